The molecule has 8 heteroatoms. The van der Waals surface area contributed by atoms with Crippen LogP contribution < -0.4 is 0 Å². The highest BCUT2D eigenvalue weighted by molar-refractivity contribution is 5.99. The Labute approximate surface area is 213 Å². The maximum Gasteiger partial charge on any atom is 0.248 e. The topological polar surface area (TPSA) is 90.4 Å². The maximum absolute atomic E-state index is 14.2. The van der Waals surface area contributed by atoms with E-state index in [9.17, 15) is 19.5 Å². The second-order valence-corrected chi connectivity index (χ2v) is 10.1. The summed E-state index contributed by atoms with van der Waals surface area (Å²) < 4.78 is 6.75. The summed E-state index contributed by atoms with van der Waals surface area (Å²) in [7, 11) is 1.70. The fourth-order valence-electron chi connectivity index (χ4n) is 6.61. The van der Waals surface area contributed by atoms with Crippen molar-refractivity contribution < 1.29 is 24.2 Å². The van der Waals surface area contributed by atoms with Crippen molar-refractivity contribution in [1.29, 1.82) is 0 Å². The van der Waals surface area contributed by atoms with Crippen LogP contribution in [-0.4, -0.2) is 88.1 Å². The van der Waals surface area contributed by atoms with Crippen LogP contribution in [0.3, 0.4) is 0 Å². The molecule has 0 aliphatic carbocycles. The summed E-state index contributed by atoms with van der Waals surface area (Å²) >= 11 is 0. The summed E-state index contributed by atoms with van der Waals surface area (Å²) in [4.78, 5) is 46.5. The van der Waals surface area contributed by atoms with Gasteiger partial charge in [0.2, 0.25) is 17.7 Å². The molecular weight excluding hydrogens is 458 g/mol. The van der Waals surface area contributed by atoms with Crippen LogP contribution in [0.25, 0.3) is 0 Å². The molecule has 2 unspecified atom stereocenters. The summed E-state index contributed by atoms with van der Waals surface area (Å²) in [5.74, 6) is -2.16. The summed E-state index contributed by atoms with van der Waals surface area (Å²) in [6.45, 7) is 10.3. The third-order valence-electron chi connectivity index (χ3n) is 8.18. The van der Waals surface area contributed by atoms with Gasteiger partial charge in [0, 0.05) is 33.2 Å². The standard InChI is InChI=1S/C28H37N3O5/c1-5-15-29(4)24(33)21-22-25(34)31(17-18-32)23(28(22)14-13-27(21,7-3)36-28)26(35)30(16-6-2)19-20-11-9-8-10-12-20/h5-6,8-12,21-23,32H,1-2,7,13-19H2,3-4H3/t21-,22+,23?,27+,28?/m1/s1. The Hall–Kier alpha value is -2.97. The van der Waals surface area contributed by atoms with Crippen molar-refractivity contribution in [3.8, 4) is 0 Å². The molecule has 3 aliphatic heterocycles. The van der Waals surface area contributed by atoms with E-state index in [1.807, 2.05) is 37.3 Å². The average molecular weight is 496 g/mol. The van der Waals surface area contributed by atoms with E-state index in [-0.39, 0.29) is 30.9 Å². The number of aliphatic hydroxyl groups excluding tert-OH is 1. The first-order valence-corrected chi connectivity index (χ1v) is 12.7. The first-order valence-electron chi connectivity index (χ1n) is 12.7. The van der Waals surface area contributed by atoms with E-state index in [0.717, 1.165) is 5.56 Å². The number of carbonyl (C=O) groups excluding carboxylic acids is 3. The molecule has 1 spiro atoms. The van der Waals surface area contributed by atoms with Gasteiger partial charge in [-0.15, -0.1) is 13.2 Å². The molecule has 36 heavy (non-hydrogen) atoms. The van der Waals surface area contributed by atoms with Gasteiger partial charge >= 0.3 is 0 Å². The fraction of sp³-hybridized carbons (Fsp3) is 0.536. The monoisotopic (exact) mass is 495 g/mol. The lowest BCUT2D eigenvalue weighted by Crippen LogP contribution is -2.56. The molecule has 2 bridgehead atoms. The van der Waals surface area contributed by atoms with Gasteiger partial charge in [0.1, 0.15) is 11.6 Å². The predicted octanol–water partition coefficient (Wildman–Crippen LogP) is 1.99. The largest absolute Gasteiger partial charge is 0.395 e. The smallest absolute Gasteiger partial charge is 0.248 e. The molecule has 3 fully saturated rings. The molecule has 0 aromatic heterocycles. The van der Waals surface area contributed by atoms with E-state index in [0.29, 0.717) is 38.9 Å². The average Bonchev–Trinajstić information content (AvgIpc) is 3.48. The van der Waals surface area contributed by atoms with E-state index in [2.05, 4.69) is 13.2 Å². The lowest BCUT2D eigenvalue weighted by molar-refractivity contribution is -0.155. The van der Waals surface area contributed by atoms with E-state index in [1.165, 1.54) is 4.90 Å². The number of aliphatic hydroxyl groups is 1. The van der Waals surface area contributed by atoms with Gasteiger partial charge in [-0.2, -0.15) is 0 Å². The van der Waals surface area contributed by atoms with Crippen molar-refractivity contribution in [2.75, 3.05) is 33.3 Å². The van der Waals surface area contributed by atoms with Crippen LogP contribution in [0, 0.1) is 11.8 Å². The normalized spacial score (nSPS) is 30.2. The zero-order chi connectivity index (χ0) is 26.1. The second kappa shape index (κ2) is 10.2. The summed E-state index contributed by atoms with van der Waals surface area (Å²) in [6, 6.07) is 8.73. The highest BCUT2D eigenvalue weighted by Crippen LogP contribution is 2.64. The van der Waals surface area contributed by atoms with E-state index >= 15 is 0 Å². The van der Waals surface area contributed by atoms with Gasteiger partial charge in [0.05, 0.1) is 24.0 Å². The second-order valence-electron chi connectivity index (χ2n) is 10.1. The number of likely N-dealkylation sites (tertiary alicyclic amines) is 1. The van der Waals surface area contributed by atoms with Crippen molar-refractivity contribution in [1.82, 2.24) is 14.7 Å². The van der Waals surface area contributed by atoms with Crippen LogP contribution >= 0.6 is 0 Å². The quantitative estimate of drug-likeness (QED) is 0.474. The van der Waals surface area contributed by atoms with Crippen LogP contribution in [0.4, 0.5) is 0 Å². The molecule has 4 rings (SSSR count). The lowest BCUT2D eigenvalue weighted by atomic mass is 9.64. The summed E-state index contributed by atoms with van der Waals surface area (Å²) in [5.41, 5.74) is -0.940. The molecule has 1 N–H and O–H groups in total. The first kappa shape index (κ1) is 26.1. The number of likely N-dealkylation sites (N-methyl/N-ethyl adjacent to an activating group) is 1. The van der Waals surface area contributed by atoms with Crippen molar-refractivity contribution in [2.24, 2.45) is 11.8 Å². The molecular formula is C28H37N3O5. The van der Waals surface area contributed by atoms with E-state index < -0.39 is 29.1 Å². The van der Waals surface area contributed by atoms with Crippen LogP contribution in [0.15, 0.2) is 55.6 Å². The zero-order valence-corrected chi connectivity index (χ0v) is 21.3. The number of ether oxygens (including phenoxy) is 1. The molecule has 3 heterocycles. The number of rotatable bonds is 11. The Morgan fingerprint density at radius 2 is 1.86 bits per heavy atom. The third kappa shape index (κ3) is 3.96. The number of benzene rings is 1. The van der Waals surface area contributed by atoms with Crippen LogP contribution in [0.5, 0.6) is 0 Å². The molecule has 194 valence electrons. The van der Waals surface area contributed by atoms with Crippen molar-refractivity contribution in [2.45, 2.75) is 50.0 Å². The van der Waals surface area contributed by atoms with Crippen molar-refractivity contribution in [3.05, 3.63) is 61.2 Å². The van der Waals surface area contributed by atoms with Gasteiger partial charge in [-0.1, -0.05) is 49.4 Å². The number of amides is 3. The molecule has 8 nitrogen and oxygen atoms in total. The van der Waals surface area contributed by atoms with Crippen LogP contribution in [0.1, 0.15) is 31.7 Å². The predicted molar refractivity (Wildman–Crippen MR) is 136 cm³/mol. The Bertz CT molecular complexity index is 1030. The van der Waals surface area contributed by atoms with Gasteiger partial charge in [-0.05, 0) is 24.8 Å². The van der Waals surface area contributed by atoms with E-state index in [1.54, 1.807) is 29.0 Å². The minimum Gasteiger partial charge on any atom is -0.395 e. The molecule has 3 amide bonds. The van der Waals surface area contributed by atoms with E-state index in [4.69, 9.17) is 4.74 Å². The van der Waals surface area contributed by atoms with Crippen molar-refractivity contribution in [3.63, 3.8) is 0 Å². The number of nitrogens with zero attached hydrogens (tertiary/aromatic N) is 3. The van der Waals surface area contributed by atoms with Gasteiger partial charge < -0.3 is 24.5 Å². The van der Waals surface area contributed by atoms with Crippen molar-refractivity contribution >= 4 is 17.7 Å². The Kier molecular flexibility index (Phi) is 7.38. The molecule has 0 saturated carbocycles. The Morgan fingerprint density at radius 1 is 1.17 bits per heavy atom. The Morgan fingerprint density at radius 3 is 2.47 bits per heavy atom. The van der Waals surface area contributed by atoms with Gasteiger partial charge in [-0.3, -0.25) is 14.4 Å². The highest BCUT2D eigenvalue weighted by atomic mass is 16.5. The maximum atomic E-state index is 14.2. The molecule has 3 aliphatic rings. The molecule has 1 aromatic rings. The minimum absolute atomic E-state index is 0.00660. The molecule has 1 aromatic carbocycles. The fourth-order valence-corrected chi connectivity index (χ4v) is 6.61. The zero-order valence-electron chi connectivity index (χ0n) is 21.3. The summed E-state index contributed by atoms with van der Waals surface area (Å²) in [5, 5.41) is 9.82. The van der Waals surface area contributed by atoms with Gasteiger partial charge in [0.25, 0.3) is 0 Å². The van der Waals surface area contributed by atoms with Crippen LogP contribution in [0.2, 0.25) is 0 Å². The Balaban J connectivity index is 1.76. The minimum atomic E-state index is -1.11. The SMILES string of the molecule is C=CCN(C)C(=O)[C@H]1[C@H]2C(=O)N(CCO)C(C(=O)N(CC=C)Cc3ccccc3)C23CC[C@]1(CC)O3. The first-order chi connectivity index (χ1) is 17.3. The third-order valence-corrected chi connectivity index (χ3v) is 8.18. The highest BCUT2D eigenvalue weighted by Gasteiger charge is 2.78. The molecule has 0 radical (unpaired) electrons. The number of fused-ring (bicyclic) bond motifs is 1. The molecule has 5 atom stereocenters. The summed E-state index contributed by atoms with van der Waals surface area (Å²) in [6.07, 6.45) is 5.00. The lowest BCUT2D eigenvalue weighted by Gasteiger charge is -2.36. The molecule has 3 saturated heterocycles. The number of hydrogen-bond donors (Lipinski definition) is 1. The van der Waals surface area contributed by atoms with Crippen LogP contribution in [-0.2, 0) is 25.7 Å². The number of β-amino-alcohol motifs (C(OH)–C–C–N with tert-alkyl or cyclic N) is 1. The van der Waals surface area contributed by atoms with Gasteiger partial charge in [0.15, 0.2) is 0 Å². The van der Waals surface area contributed by atoms with Gasteiger partial charge in [-0.25, -0.2) is 0 Å². The number of hydrogen-bond acceptors (Lipinski definition) is 5. The number of carbonyl (C=O) groups is 3.